The molecule has 112 heavy (non-hydrogen) atoms. The SMILES string of the molecule is CC(C)(C)OC(=O)NCCCCCC(=O)O[C@@H](C(=O)NCCCCCC(=O)O[C@@H](C(=O)OCc1ccccc1)[C@@H](OC(=O)c1ccccc1)C(=O)OCc1ccccc1)[C@@H](OC(=O)c1ccccc1)C(=O)NC(=O)CCCCC(=O)O[C@H](C(=O)OCc1ccccc1)[C@H](OC(=O)c1ccccc1)C(=O)OCc1ccccc1. The van der Waals surface area contributed by atoms with E-state index in [1.165, 1.54) is 72.8 Å². The molecule has 590 valence electrons. The lowest BCUT2D eigenvalue weighted by Crippen LogP contribution is -2.54. The molecule has 0 aliphatic rings. The number of carbonyl (C=O) groups is 14. The minimum Gasteiger partial charge on any atom is -0.458 e. The molecule has 7 rings (SSSR count). The highest BCUT2D eigenvalue weighted by Crippen LogP contribution is 2.22. The highest BCUT2D eigenvalue weighted by atomic mass is 16.7. The number of alkyl carbamates (subject to hydrolysis) is 1. The molecule has 0 aromatic heterocycles. The monoisotopic (exact) mass is 1540 g/mol. The zero-order chi connectivity index (χ0) is 80.5. The van der Waals surface area contributed by atoms with Crippen LogP contribution in [-0.4, -0.2) is 139 Å². The summed E-state index contributed by atoms with van der Waals surface area (Å²) < 4.78 is 61.0. The fourth-order valence-electron chi connectivity index (χ4n) is 10.3. The summed E-state index contributed by atoms with van der Waals surface area (Å²) in [6.07, 6.45) is -15.3. The minimum absolute atomic E-state index is 0.00523. The molecule has 7 aromatic rings. The first kappa shape index (κ1) is 86.4. The van der Waals surface area contributed by atoms with Gasteiger partial charge in [0.25, 0.3) is 11.8 Å². The average molecular weight is 1540 g/mol. The van der Waals surface area contributed by atoms with Gasteiger partial charge in [0.2, 0.25) is 42.5 Å². The Bertz CT molecular complexity index is 4220. The molecule has 6 atom stereocenters. The Labute approximate surface area is 646 Å². The van der Waals surface area contributed by atoms with Gasteiger partial charge in [0.1, 0.15) is 32.0 Å². The molecular weight excluding hydrogens is 1450 g/mol. The van der Waals surface area contributed by atoms with Gasteiger partial charge in [-0.1, -0.05) is 189 Å². The van der Waals surface area contributed by atoms with Gasteiger partial charge >= 0.3 is 65.8 Å². The second kappa shape index (κ2) is 46.5. The number of imide groups is 1. The van der Waals surface area contributed by atoms with E-state index in [9.17, 15) is 67.1 Å². The Morgan fingerprint density at radius 2 is 0.562 bits per heavy atom. The summed E-state index contributed by atoms with van der Waals surface area (Å²) in [5, 5.41) is 7.24. The lowest BCUT2D eigenvalue weighted by molar-refractivity contribution is -0.185. The predicted octanol–water partition coefficient (Wildman–Crippen LogP) is 10.3. The molecule has 0 spiro atoms. The Balaban J connectivity index is 1.03. The summed E-state index contributed by atoms with van der Waals surface area (Å²) in [7, 11) is 0. The summed E-state index contributed by atoms with van der Waals surface area (Å²) in [6, 6.07) is 55.7. The summed E-state index contributed by atoms with van der Waals surface area (Å²) >= 11 is 0. The van der Waals surface area contributed by atoms with Crippen molar-refractivity contribution in [3.63, 3.8) is 0 Å². The van der Waals surface area contributed by atoms with Crippen LogP contribution in [0.4, 0.5) is 4.79 Å². The van der Waals surface area contributed by atoms with E-state index in [4.69, 9.17) is 52.1 Å². The van der Waals surface area contributed by atoms with Gasteiger partial charge in [-0.3, -0.25) is 34.1 Å². The van der Waals surface area contributed by atoms with E-state index in [-0.39, 0.29) is 101 Å². The van der Waals surface area contributed by atoms with E-state index in [0.29, 0.717) is 35.1 Å². The van der Waals surface area contributed by atoms with Crippen molar-refractivity contribution >= 4 is 83.5 Å². The lowest BCUT2D eigenvalue weighted by atomic mass is 10.1. The van der Waals surface area contributed by atoms with Gasteiger partial charge in [-0.2, -0.15) is 0 Å². The van der Waals surface area contributed by atoms with Crippen LogP contribution in [0, 0.1) is 0 Å². The Morgan fingerprint density at radius 1 is 0.295 bits per heavy atom. The van der Waals surface area contributed by atoms with Crippen molar-refractivity contribution in [1.82, 2.24) is 16.0 Å². The van der Waals surface area contributed by atoms with E-state index in [1.807, 2.05) is 0 Å². The highest BCUT2D eigenvalue weighted by Gasteiger charge is 2.46. The van der Waals surface area contributed by atoms with Gasteiger partial charge in [-0.05, 0) is 118 Å². The molecule has 28 heteroatoms. The number of unbranched alkanes of at least 4 members (excludes halogenated alkanes) is 5. The summed E-state index contributed by atoms with van der Waals surface area (Å²) in [5.74, 6) is -15.3. The fourth-order valence-corrected chi connectivity index (χ4v) is 10.3. The third kappa shape index (κ3) is 31.4. The third-order valence-electron chi connectivity index (χ3n) is 16.1. The van der Waals surface area contributed by atoms with Crippen LogP contribution in [0.2, 0.25) is 0 Å². The van der Waals surface area contributed by atoms with Crippen molar-refractivity contribution in [3.05, 3.63) is 251 Å². The standard InChI is InChI=1S/C84H89N3O25/c1-84(2,3)112-83(101)86-52-32-12-28-48-65(89)106-68(74(92)85-51-31-11-27-49-66(90)107-70(79(97)102-53-57-33-13-4-14-34-57)72(110-77(95)62-43-23-9-24-44-62)81(99)104-55-59-37-17-6-18-38-59)69(109-76(94)61-41-21-8-22-42-61)75(93)87-64(88)47-29-30-50-67(91)108-71(80(98)103-54-58-35-15-5-16-36-58)73(111-78(96)63-45-25-10-26-46-63)82(100)105-56-60-39-19-7-20-40-60/h4-10,13-26,33-46,68-73H,11-12,27-32,47-56H2,1-3H3,(H,85,92)(H,86,101)(H,87,88,93)/t68-,69-,70-,71+,72-,73+/m1/s1. The largest absolute Gasteiger partial charge is 0.458 e. The maximum atomic E-state index is 14.5. The summed E-state index contributed by atoms with van der Waals surface area (Å²) in [4.78, 5) is 193. The normalized spacial score (nSPS) is 12.5. The second-order valence-corrected chi connectivity index (χ2v) is 26.1. The van der Waals surface area contributed by atoms with Gasteiger partial charge in [0, 0.05) is 38.8 Å². The van der Waals surface area contributed by atoms with E-state index in [1.54, 1.807) is 160 Å². The van der Waals surface area contributed by atoms with Crippen LogP contribution in [-0.2, 0) is 126 Å². The molecular formula is C84H89N3O25. The summed E-state index contributed by atoms with van der Waals surface area (Å²) in [5.41, 5.74) is 1.18. The van der Waals surface area contributed by atoms with Crippen LogP contribution in [0.1, 0.15) is 151 Å². The first-order valence-electron chi connectivity index (χ1n) is 36.3. The number of esters is 10. The van der Waals surface area contributed by atoms with E-state index >= 15 is 0 Å². The Morgan fingerprint density at radius 3 is 0.893 bits per heavy atom. The Hall–Kier alpha value is -12.9. The molecule has 28 nitrogen and oxygen atoms in total. The molecule has 0 aliphatic heterocycles. The average Bonchev–Trinajstić information content (AvgIpc) is 0.842. The number of nitrogens with one attached hydrogen (secondary N) is 3. The van der Waals surface area contributed by atoms with Gasteiger partial charge in [-0.15, -0.1) is 0 Å². The fraction of sp³-hybridized carbons (Fsp3) is 0.333. The molecule has 0 bridgehead atoms. The molecule has 0 unspecified atom stereocenters. The van der Waals surface area contributed by atoms with Crippen LogP contribution in [0.5, 0.6) is 0 Å². The number of carbonyl (C=O) groups excluding carboxylic acids is 14. The minimum atomic E-state index is -2.37. The van der Waals surface area contributed by atoms with E-state index < -0.39 is 145 Å². The summed E-state index contributed by atoms with van der Waals surface area (Å²) in [6.45, 7) is 3.66. The number of hydrogen-bond donors (Lipinski definition) is 3. The molecule has 7 aromatic carbocycles. The first-order chi connectivity index (χ1) is 54.0. The molecule has 0 saturated heterocycles. The van der Waals surface area contributed by atoms with Gasteiger partial charge in [-0.25, -0.2) is 38.4 Å². The van der Waals surface area contributed by atoms with E-state index in [0.717, 1.165) is 0 Å². The molecule has 0 saturated carbocycles. The molecule has 3 N–H and O–H groups in total. The molecule has 4 amide bonds. The van der Waals surface area contributed by atoms with Crippen LogP contribution in [0.3, 0.4) is 0 Å². The first-order valence-corrected chi connectivity index (χ1v) is 36.3. The molecule has 0 radical (unpaired) electrons. The van der Waals surface area contributed by atoms with E-state index in [2.05, 4.69) is 16.0 Å². The zero-order valence-electron chi connectivity index (χ0n) is 62.1. The highest BCUT2D eigenvalue weighted by molar-refractivity contribution is 6.03. The van der Waals surface area contributed by atoms with Crippen LogP contribution in [0.15, 0.2) is 212 Å². The zero-order valence-corrected chi connectivity index (χ0v) is 62.1. The lowest BCUT2D eigenvalue weighted by Gasteiger charge is -2.25. The van der Waals surface area contributed by atoms with Crippen molar-refractivity contribution in [2.45, 2.75) is 166 Å². The van der Waals surface area contributed by atoms with Crippen molar-refractivity contribution in [1.29, 1.82) is 0 Å². The maximum Gasteiger partial charge on any atom is 0.407 e. The quantitative estimate of drug-likeness (QED) is 0.0182. The number of benzene rings is 7. The smallest absolute Gasteiger partial charge is 0.407 e. The van der Waals surface area contributed by atoms with Crippen molar-refractivity contribution in [3.8, 4) is 0 Å². The molecule has 0 heterocycles. The van der Waals surface area contributed by atoms with Gasteiger partial charge in [0.15, 0.2) is 0 Å². The number of rotatable bonds is 43. The number of ether oxygens (including phenoxy) is 11. The maximum absolute atomic E-state index is 14.5. The second-order valence-electron chi connectivity index (χ2n) is 26.1. The predicted molar refractivity (Wildman–Crippen MR) is 397 cm³/mol. The third-order valence-corrected chi connectivity index (χ3v) is 16.1. The Kier molecular flexibility index (Phi) is 35.8. The van der Waals surface area contributed by atoms with Crippen LogP contribution in [0.25, 0.3) is 0 Å². The number of hydrogen-bond acceptors (Lipinski definition) is 25. The van der Waals surface area contributed by atoms with Crippen molar-refractivity contribution in [2.24, 2.45) is 0 Å². The van der Waals surface area contributed by atoms with Crippen molar-refractivity contribution < 1.29 is 119 Å². The van der Waals surface area contributed by atoms with Crippen molar-refractivity contribution in [2.75, 3.05) is 13.1 Å². The molecule has 0 aliphatic carbocycles. The van der Waals surface area contributed by atoms with Crippen LogP contribution < -0.4 is 16.0 Å². The van der Waals surface area contributed by atoms with Crippen LogP contribution >= 0.6 is 0 Å². The van der Waals surface area contributed by atoms with Gasteiger partial charge in [0.05, 0.1) is 16.7 Å². The topological polar surface area (TPSA) is 377 Å². The number of amides is 4. The molecule has 0 fully saturated rings. The van der Waals surface area contributed by atoms with Gasteiger partial charge < -0.3 is 62.7 Å².